The molecule has 1 atom stereocenters. The van der Waals surface area contributed by atoms with Crippen molar-refractivity contribution in [2.75, 3.05) is 5.32 Å². The standard InChI is InChI=1S/C18H24N6/c1-5-6-9-15(14-8-7-10-19-11-14)22-17-16-12(2)23-24(4)18(16)21-13(3)20-17/h7-8,10-11,15H,5-6,9H2,1-4H3,(H,20,21,22)/t15-/m1/s1. The number of pyridine rings is 1. The lowest BCUT2D eigenvalue weighted by Gasteiger charge is -2.20. The number of unbranched alkanes of at least 4 members (excludes halogenated alkanes) is 1. The first-order valence-corrected chi connectivity index (χ1v) is 8.44. The summed E-state index contributed by atoms with van der Waals surface area (Å²) in [6.07, 6.45) is 7.06. The third kappa shape index (κ3) is 3.22. The van der Waals surface area contributed by atoms with Crippen molar-refractivity contribution in [1.29, 1.82) is 0 Å². The number of aryl methyl sites for hydroxylation is 3. The third-order valence-corrected chi connectivity index (χ3v) is 4.21. The molecule has 24 heavy (non-hydrogen) atoms. The second kappa shape index (κ2) is 6.95. The van der Waals surface area contributed by atoms with Gasteiger partial charge in [0, 0.05) is 19.4 Å². The molecule has 0 aliphatic carbocycles. The van der Waals surface area contributed by atoms with Crippen LogP contribution in [0.1, 0.15) is 49.3 Å². The highest BCUT2D eigenvalue weighted by molar-refractivity contribution is 5.89. The number of anilines is 1. The Labute approximate surface area is 142 Å². The average Bonchev–Trinajstić information content (AvgIpc) is 2.86. The zero-order chi connectivity index (χ0) is 17.1. The van der Waals surface area contributed by atoms with Crippen molar-refractivity contribution in [2.24, 2.45) is 7.05 Å². The molecule has 3 heterocycles. The highest BCUT2D eigenvalue weighted by atomic mass is 15.3. The topological polar surface area (TPSA) is 68.5 Å². The second-order valence-electron chi connectivity index (χ2n) is 6.15. The highest BCUT2D eigenvalue weighted by Gasteiger charge is 2.18. The minimum atomic E-state index is 0.177. The van der Waals surface area contributed by atoms with Crippen LogP contribution >= 0.6 is 0 Å². The van der Waals surface area contributed by atoms with Gasteiger partial charge in [-0.2, -0.15) is 5.10 Å². The van der Waals surface area contributed by atoms with Crippen LogP contribution in [-0.4, -0.2) is 24.7 Å². The van der Waals surface area contributed by atoms with E-state index in [2.05, 4.69) is 38.4 Å². The van der Waals surface area contributed by atoms with Gasteiger partial charge in [0.25, 0.3) is 0 Å². The van der Waals surface area contributed by atoms with Gasteiger partial charge in [-0.1, -0.05) is 25.8 Å². The van der Waals surface area contributed by atoms with Crippen molar-refractivity contribution in [3.63, 3.8) is 0 Å². The summed E-state index contributed by atoms with van der Waals surface area (Å²) in [5.41, 5.74) is 2.98. The van der Waals surface area contributed by atoms with Crippen LogP contribution in [0.2, 0.25) is 0 Å². The Bertz CT molecular complexity index is 824. The predicted molar refractivity (Wildman–Crippen MR) is 95.9 cm³/mol. The molecule has 0 amide bonds. The summed E-state index contributed by atoms with van der Waals surface area (Å²) in [5, 5.41) is 9.11. The molecule has 3 aromatic rings. The number of aromatic nitrogens is 5. The van der Waals surface area contributed by atoms with E-state index in [0.29, 0.717) is 0 Å². The van der Waals surface area contributed by atoms with Gasteiger partial charge in [-0.3, -0.25) is 9.67 Å². The van der Waals surface area contributed by atoms with Crippen LogP contribution in [0, 0.1) is 13.8 Å². The van der Waals surface area contributed by atoms with E-state index < -0.39 is 0 Å². The maximum Gasteiger partial charge on any atom is 0.163 e. The number of fused-ring (bicyclic) bond motifs is 1. The molecule has 0 fully saturated rings. The molecule has 0 saturated carbocycles. The van der Waals surface area contributed by atoms with E-state index in [1.54, 1.807) is 6.20 Å². The Kier molecular flexibility index (Phi) is 4.74. The summed E-state index contributed by atoms with van der Waals surface area (Å²) >= 11 is 0. The first-order chi connectivity index (χ1) is 11.6. The summed E-state index contributed by atoms with van der Waals surface area (Å²) in [6, 6.07) is 4.27. The van der Waals surface area contributed by atoms with Gasteiger partial charge in [-0.05, 0) is 31.9 Å². The monoisotopic (exact) mass is 324 g/mol. The van der Waals surface area contributed by atoms with E-state index >= 15 is 0 Å². The number of hydrogen-bond acceptors (Lipinski definition) is 5. The molecule has 0 aliphatic rings. The molecule has 0 aromatic carbocycles. The molecule has 0 aliphatic heterocycles. The summed E-state index contributed by atoms with van der Waals surface area (Å²) in [6.45, 7) is 6.12. The second-order valence-corrected chi connectivity index (χ2v) is 6.15. The molecule has 0 unspecified atom stereocenters. The van der Waals surface area contributed by atoms with Gasteiger partial charge in [-0.25, -0.2) is 9.97 Å². The van der Waals surface area contributed by atoms with Gasteiger partial charge in [-0.15, -0.1) is 0 Å². The molecule has 1 N–H and O–H groups in total. The van der Waals surface area contributed by atoms with Gasteiger partial charge in [0.15, 0.2) is 5.65 Å². The Balaban J connectivity index is 2.02. The third-order valence-electron chi connectivity index (χ3n) is 4.21. The minimum Gasteiger partial charge on any atom is -0.362 e. The number of nitrogens with one attached hydrogen (secondary N) is 1. The van der Waals surface area contributed by atoms with Crippen molar-refractivity contribution in [3.8, 4) is 0 Å². The fourth-order valence-electron chi connectivity index (χ4n) is 3.03. The van der Waals surface area contributed by atoms with Crippen molar-refractivity contribution >= 4 is 16.9 Å². The fraction of sp³-hybridized carbons (Fsp3) is 0.444. The van der Waals surface area contributed by atoms with Crippen LogP contribution in [-0.2, 0) is 7.05 Å². The molecule has 126 valence electrons. The van der Waals surface area contributed by atoms with Crippen LogP contribution in [0.4, 0.5) is 5.82 Å². The lowest BCUT2D eigenvalue weighted by Crippen LogP contribution is -2.13. The van der Waals surface area contributed by atoms with E-state index in [1.165, 1.54) is 5.56 Å². The molecular formula is C18H24N6. The molecule has 3 rings (SSSR count). The zero-order valence-electron chi connectivity index (χ0n) is 14.7. The van der Waals surface area contributed by atoms with Gasteiger partial charge in [0.2, 0.25) is 0 Å². The highest BCUT2D eigenvalue weighted by Crippen LogP contribution is 2.29. The van der Waals surface area contributed by atoms with Crippen molar-refractivity contribution in [1.82, 2.24) is 24.7 Å². The summed E-state index contributed by atoms with van der Waals surface area (Å²) in [5.74, 6) is 1.60. The Morgan fingerprint density at radius 1 is 1.25 bits per heavy atom. The van der Waals surface area contributed by atoms with Gasteiger partial charge >= 0.3 is 0 Å². The quantitative estimate of drug-likeness (QED) is 0.748. The maximum atomic E-state index is 4.65. The number of nitrogens with zero attached hydrogens (tertiary/aromatic N) is 5. The lowest BCUT2D eigenvalue weighted by atomic mass is 10.0. The minimum absolute atomic E-state index is 0.177. The fourth-order valence-corrected chi connectivity index (χ4v) is 3.03. The van der Waals surface area contributed by atoms with E-state index in [0.717, 1.165) is 47.6 Å². The molecule has 0 radical (unpaired) electrons. The van der Waals surface area contributed by atoms with E-state index in [4.69, 9.17) is 0 Å². The molecule has 0 saturated heterocycles. The van der Waals surface area contributed by atoms with Crippen LogP contribution in [0.5, 0.6) is 0 Å². The normalized spacial score (nSPS) is 12.5. The summed E-state index contributed by atoms with van der Waals surface area (Å²) < 4.78 is 1.82. The number of hydrogen-bond donors (Lipinski definition) is 1. The van der Waals surface area contributed by atoms with E-state index in [-0.39, 0.29) is 6.04 Å². The van der Waals surface area contributed by atoms with Crippen LogP contribution in [0.15, 0.2) is 24.5 Å². The first-order valence-electron chi connectivity index (χ1n) is 8.44. The number of rotatable bonds is 6. The smallest absolute Gasteiger partial charge is 0.163 e. The summed E-state index contributed by atoms with van der Waals surface area (Å²) in [4.78, 5) is 13.5. The molecule has 6 nitrogen and oxygen atoms in total. The maximum absolute atomic E-state index is 4.65. The van der Waals surface area contributed by atoms with Crippen molar-refractivity contribution < 1.29 is 0 Å². The molecule has 3 aromatic heterocycles. The largest absolute Gasteiger partial charge is 0.362 e. The predicted octanol–water partition coefficient (Wildman–Crippen LogP) is 3.72. The summed E-state index contributed by atoms with van der Waals surface area (Å²) in [7, 11) is 1.92. The molecule has 6 heteroatoms. The van der Waals surface area contributed by atoms with Crippen LogP contribution < -0.4 is 5.32 Å². The van der Waals surface area contributed by atoms with Crippen molar-refractivity contribution in [3.05, 3.63) is 41.6 Å². The Morgan fingerprint density at radius 2 is 2.08 bits per heavy atom. The van der Waals surface area contributed by atoms with Gasteiger partial charge in [0.05, 0.1) is 17.1 Å². The SMILES string of the molecule is CCCC[C@@H](Nc1nc(C)nc2c1c(C)nn2C)c1cccnc1. The molecule has 0 spiro atoms. The Hall–Kier alpha value is -2.50. The Morgan fingerprint density at radius 3 is 2.79 bits per heavy atom. The van der Waals surface area contributed by atoms with Crippen LogP contribution in [0.25, 0.3) is 11.0 Å². The van der Waals surface area contributed by atoms with E-state index in [9.17, 15) is 0 Å². The lowest BCUT2D eigenvalue weighted by molar-refractivity contribution is 0.631. The van der Waals surface area contributed by atoms with Crippen molar-refractivity contribution in [2.45, 2.75) is 46.1 Å². The van der Waals surface area contributed by atoms with E-state index in [1.807, 2.05) is 37.8 Å². The molecule has 0 bridgehead atoms. The zero-order valence-corrected chi connectivity index (χ0v) is 14.7. The van der Waals surface area contributed by atoms with Gasteiger partial charge < -0.3 is 5.32 Å². The first kappa shape index (κ1) is 16.4. The van der Waals surface area contributed by atoms with Crippen LogP contribution in [0.3, 0.4) is 0 Å². The average molecular weight is 324 g/mol. The van der Waals surface area contributed by atoms with Gasteiger partial charge in [0.1, 0.15) is 11.6 Å². The molecular weight excluding hydrogens is 300 g/mol.